The Morgan fingerprint density at radius 3 is 2.37 bits per heavy atom. The third-order valence-corrected chi connectivity index (χ3v) is 5.23. The van der Waals surface area contributed by atoms with Crippen LogP contribution in [-0.4, -0.2) is 50.1 Å². The first-order valence-corrected chi connectivity index (χ1v) is 9.62. The largest absolute Gasteiger partial charge is 0.497 e. The number of carbonyl (C=O) groups excluding carboxylic acids is 1. The Balaban J connectivity index is 1.57. The van der Waals surface area contributed by atoms with Crippen LogP contribution >= 0.6 is 23.2 Å². The summed E-state index contributed by atoms with van der Waals surface area (Å²) >= 11 is 12.0. The van der Waals surface area contributed by atoms with Crippen LogP contribution in [0.5, 0.6) is 5.75 Å². The van der Waals surface area contributed by atoms with Gasteiger partial charge in [-0.3, -0.25) is 9.69 Å². The second-order valence-electron chi connectivity index (χ2n) is 6.55. The molecule has 7 heteroatoms. The van der Waals surface area contributed by atoms with E-state index in [1.54, 1.807) is 25.3 Å². The van der Waals surface area contributed by atoms with E-state index in [0.717, 1.165) is 37.6 Å². The Morgan fingerprint density at radius 1 is 1.07 bits per heavy atom. The highest BCUT2D eigenvalue weighted by Crippen LogP contribution is 2.24. The standard InChI is InChI=1S/C20H23Cl2N3O2/c1-14(20(26)23-17-11-15(21)10-16(22)12-17)24-6-8-25(9-7-24)18-4-3-5-19(13-18)27-2/h3-5,10-14H,6-9H2,1-2H3,(H,23,26)/t14-/m1/s1. The number of ether oxygens (including phenoxy) is 1. The van der Waals surface area contributed by atoms with Gasteiger partial charge in [0, 0.05) is 53.7 Å². The first-order valence-electron chi connectivity index (χ1n) is 8.86. The third-order valence-electron chi connectivity index (χ3n) is 4.79. The molecule has 1 amide bonds. The number of methoxy groups -OCH3 is 1. The number of piperazine rings is 1. The van der Waals surface area contributed by atoms with Crippen molar-refractivity contribution in [3.05, 3.63) is 52.5 Å². The molecule has 1 aliphatic heterocycles. The number of hydrogen-bond acceptors (Lipinski definition) is 4. The molecule has 0 saturated carbocycles. The monoisotopic (exact) mass is 407 g/mol. The maximum absolute atomic E-state index is 12.6. The number of hydrogen-bond donors (Lipinski definition) is 1. The van der Waals surface area contributed by atoms with Crippen LogP contribution in [-0.2, 0) is 4.79 Å². The zero-order chi connectivity index (χ0) is 19.4. The van der Waals surface area contributed by atoms with Crippen molar-refractivity contribution in [3.63, 3.8) is 0 Å². The van der Waals surface area contributed by atoms with Crippen molar-refractivity contribution in [2.24, 2.45) is 0 Å². The van der Waals surface area contributed by atoms with Crippen molar-refractivity contribution in [2.45, 2.75) is 13.0 Å². The van der Waals surface area contributed by atoms with Crippen molar-refractivity contribution < 1.29 is 9.53 Å². The highest BCUT2D eigenvalue weighted by Gasteiger charge is 2.26. The summed E-state index contributed by atoms with van der Waals surface area (Å²) in [6.45, 7) is 5.24. The molecule has 2 aromatic carbocycles. The first-order chi connectivity index (χ1) is 13.0. The van der Waals surface area contributed by atoms with Crippen LogP contribution in [0.2, 0.25) is 10.0 Å². The molecule has 0 radical (unpaired) electrons. The van der Waals surface area contributed by atoms with Gasteiger partial charge in [0.15, 0.2) is 0 Å². The minimum atomic E-state index is -0.241. The number of benzene rings is 2. The summed E-state index contributed by atoms with van der Waals surface area (Å²) in [6, 6.07) is 12.8. The molecule has 1 atom stereocenters. The number of nitrogens with one attached hydrogen (secondary N) is 1. The minimum Gasteiger partial charge on any atom is -0.497 e. The van der Waals surface area contributed by atoms with Gasteiger partial charge in [0.25, 0.3) is 0 Å². The van der Waals surface area contributed by atoms with Crippen LogP contribution in [0, 0.1) is 0 Å². The van der Waals surface area contributed by atoms with Crippen molar-refractivity contribution in [3.8, 4) is 5.75 Å². The van der Waals surface area contributed by atoms with Gasteiger partial charge in [-0.2, -0.15) is 0 Å². The maximum atomic E-state index is 12.6. The molecule has 1 N–H and O–H groups in total. The normalized spacial score (nSPS) is 16.1. The highest BCUT2D eigenvalue weighted by atomic mass is 35.5. The zero-order valence-electron chi connectivity index (χ0n) is 15.4. The Kier molecular flexibility index (Phi) is 6.47. The van der Waals surface area contributed by atoms with Crippen LogP contribution in [0.3, 0.4) is 0 Å². The predicted molar refractivity (Wildman–Crippen MR) is 111 cm³/mol. The van der Waals surface area contributed by atoms with Crippen LogP contribution < -0.4 is 15.0 Å². The van der Waals surface area contributed by atoms with E-state index in [9.17, 15) is 4.79 Å². The minimum absolute atomic E-state index is 0.0665. The highest BCUT2D eigenvalue weighted by molar-refractivity contribution is 6.35. The molecular formula is C20H23Cl2N3O2. The Hall–Kier alpha value is -1.95. The van der Waals surface area contributed by atoms with Gasteiger partial charge >= 0.3 is 0 Å². The molecule has 1 fully saturated rings. The van der Waals surface area contributed by atoms with Gasteiger partial charge in [0.1, 0.15) is 5.75 Å². The van der Waals surface area contributed by atoms with E-state index >= 15 is 0 Å². The summed E-state index contributed by atoms with van der Waals surface area (Å²) in [7, 11) is 1.67. The van der Waals surface area contributed by atoms with Crippen molar-refractivity contribution in [1.82, 2.24) is 4.90 Å². The maximum Gasteiger partial charge on any atom is 0.241 e. The molecule has 0 aromatic heterocycles. The van der Waals surface area contributed by atoms with Gasteiger partial charge in [-0.05, 0) is 37.3 Å². The smallest absolute Gasteiger partial charge is 0.241 e. The fourth-order valence-electron chi connectivity index (χ4n) is 3.21. The van der Waals surface area contributed by atoms with E-state index in [0.29, 0.717) is 15.7 Å². The topological polar surface area (TPSA) is 44.8 Å². The Bertz CT molecular complexity index is 787. The van der Waals surface area contributed by atoms with Crippen molar-refractivity contribution >= 4 is 40.5 Å². The SMILES string of the molecule is COc1cccc(N2CCN([C@H](C)C(=O)Nc3cc(Cl)cc(Cl)c3)CC2)c1. The molecule has 0 bridgehead atoms. The van der Waals surface area contributed by atoms with E-state index in [-0.39, 0.29) is 11.9 Å². The lowest BCUT2D eigenvalue weighted by Gasteiger charge is -2.38. The van der Waals surface area contributed by atoms with Crippen LogP contribution in [0.4, 0.5) is 11.4 Å². The fourth-order valence-corrected chi connectivity index (χ4v) is 3.74. The van der Waals surface area contributed by atoms with E-state index in [1.165, 1.54) is 0 Å². The zero-order valence-corrected chi connectivity index (χ0v) is 16.9. The van der Waals surface area contributed by atoms with E-state index < -0.39 is 0 Å². The van der Waals surface area contributed by atoms with Gasteiger partial charge in [-0.1, -0.05) is 29.3 Å². The molecule has 0 spiro atoms. The lowest BCUT2D eigenvalue weighted by atomic mass is 10.2. The summed E-state index contributed by atoms with van der Waals surface area (Å²) in [5.74, 6) is 0.783. The lowest BCUT2D eigenvalue weighted by molar-refractivity contribution is -0.120. The fraction of sp³-hybridized carbons (Fsp3) is 0.350. The number of halogens is 2. The molecule has 5 nitrogen and oxygen atoms in total. The molecule has 1 saturated heterocycles. The summed E-state index contributed by atoms with van der Waals surface area (Å²) in [6.07, 6.45) is 0. The van der Waals surface area contributed by atoms with E-state index in [4.69, 9.17) is 27.9 Å². The molecule has 1 heterocycles. The quantitative estimate of drug-likeness (QED) is 0.808. The second kappa shape index (κ2) is 8.83. The Morgan fingerprint density at radius 2 is 1.74 bits per heavy atom. The number of anilines is 2. The molecule has 144 valence electrons. The molecular weight excluding hydrogens is 385 g/mol. The first kappa shape index (κ1) is 19.8. The van der Waals surface area contributed by atoms with Gasteiger partial charge in [0.05, 0.1) is 13.2 Å². The van der Waals surface area contributed by atoms with Crippen molar-refractivity contribution in [2.75, 3.05) is 43.5 Å². The third kappa shape index (κ3) is 5.06. The molecule has 2 aromatic rings. The van der Waals surface area contributed by atoms with Crippen LogP contribution in [0.1, 0.15) is 6.92 Å². The molecule has 3 rings (SSSR count). The number of carbonyl (C=O) groups is 1. The number of rotatable bonds is 5. The lowest BCUT2D eigenvalue weighted by Crippen LogP contribution is -2.52. The van der Waals surface area contributed by atoms with Gasteiger partial charge < -0.3 is 15.0 Å². The molecule has 0 aliphatic carbocycles. The van der Waals surface area contributed by atoms with Gasteiger partial charge in [-0.15, -0.1) is 0 Å². The summed E-state index contributed by atoms with van der Waals surface area (Å²) in [5, 5.41) is 3.89. The predicted octanol–water partition coefficient (Wildman–Crippen LogP) is 4.15. The number of amides is 1. The Labute approximate surface area is 169 Å². The second-order valence-corrected chi connectivity index (χ2v) is 7.42. The molecule has 1 aliphatic rings. The van der Waals surface area contributed by atoms with Crippen LogP contribution in [0.25, 0.3) is 0 Å². The molecule has 0 unspecified atom stereocenters. The number of nitrogens with zero attached hydrogens (tertiary/aromatic N) is 2. The van der Waals surface area contributed by atoms with Crippen molar-refractivity contribution in [1.29, 1.82) is 0 Å². The summed E-state index contributed by atoms with van der Waals surface area (Å²) in [4.78, 5) is 17.1. The average Bonchev–Trinajstić information content (AvgIpc) is 2.66. The van der Waals surface area contributed by atoms with Gasteiger partial charge in [-0.25, -0.2) is 0 Å². The van der Waals surface area contributed by atoms with E-state index in [2.05, 4.69) is 21.2 Å². The van der Waals surface area contributed by atoms with Gasteiger partial charge in [0.2, 0.25) is 5.91 Å². The van der Waals surface area contributed by atoms with E-state index in [1.807, 2.05) is 25.1 Å². The average molecular weight is 408 g/mol. The van der Waals surface area contributed by atoms with Crippen LogP contribution in [0.15, 0.2) is 42.5 Å². The summed E-state index contributed by atoms with van der Waals surface area (Å²) in [5.41, 5.74) is 1.75. The summed E-state index contributed by atoms with van der Waals surface area (Å²) < 4.78 is 5.30. The molecule has 27 heavy (non-hydrogen) atoms.